The smallest absolute Gasteiger partial charge is 0.249 e. The molecule has 0 spiro atoms. The standard InChI is InChI=1S/C20H22ClN3O3/c1-20(2,12-14-5-9-17(25)10-6-14)23-18(26)11-19(27)24-22-13-15-3-7-16(21)8-4-15/h3-10,13,25H,11-12H2,1-2H3,(H,23,26)(H,24,27)/b22-13+. The van der Waals surface area contributed by atoms with Gasteiger partial charge in [-0.1, -0.05) is 35.9 Å². The Kier molecular flexibility index (Phi) is 6.96. The first kappa shape index (κ1) is 20.5. The van der Waals surface area contributed by atoms with E-state index in [1.54, 1.807) is 48.5 Å². The summed E-state index contributed by atoms with van der Waals surface area (Å²) in [7, 11) is 0. The molecule has 2 aromatic carbocycles. The van der Waals surface area contributed by atoms with Crippen LogP contribution < -0.4 is 10.7 Å². The van der Waals surface area contributed by atoms with E-state index in [-0.39, 0.29) is 12.2 Å². The summed E-state index contributed by atoms with van der Waals surface area (Å²) < 4.78 is 0. The molecule has 0 aliphatic carbocycles. The number of amides is 2. The Morgan fingerprint density at radius 1 is 1.07 bits per heavy atom. The molecule has 0 unspecified atom stereocenters. The summed E-state index contributed by atoms with van der Waals surface area (Å²) in [4.78, 5) is 24.0. The van der Waals surface area contributed by atoms with Gasteiger partial charge in [0.15, 0.2) is 0 Å². The zero-order chi connectivity index (χ0) is 19.9. The Bertz CT molecular complexity index is 815. The summed E-state index contributed by atoms with van der Waals surface area (Å²) in [5.41, 5.74) is 3.53. The molecule has 2 amide bonds. The second-order valence-corrected chi connectivity index (χ2v) is 7.23. The molecule has 0 bridgehead atoms. The van der Waals surface area contributed by atoms with Crippen molar-refractivity contribution < 1.29 is 14.7 Å². The van der Waals surface area contributed by atoms with Gasteiger partial charge >= 0.3 is 0 Å². The average molecular weight is 388 g/mol. The van der Waals surface area contributed by atoms with E-state index in [2.05, 4.69) is 15.8 Å². The molecule has 0 fully saturated rings. The Morgan fingerprint density at radius 3 is 2.33 bits per heavy atom. The van der Waals surface area contributed by atoms with Gasteiger partial charge in [0.05, 0.1) is 6.21 Å². The average Bonchev–Trinajstić information content (AvgIpc) is 2.58. The van der Waals surface area contributed by atoms with Crippen LogP contribution in [0.2, 0.25) is 5.02 Å². The highest BCUT2D eigenvalue weighted by Crippen LogP contribution is 2.16. The van der Waals surface area contributed by atoms with Crippen LogP contribution in [0.1, 0.15) is 31.4 Å². The van der Waals surface area contributed by atoms with Crippen molar-refractivity contribution in [2.45, 2.75) is 32.2 Å². The number of carbonyl (C=O) groups is 2. The Balaban J connectivity index is 1.80. The number of aromatic hydroxyl groups is 1. The van der Waals surface area contributed by atoms with Crippen LogP contribution in [0.4, 0.5) is 0 Å². The first-order valence-electron chi connectivity index (χ1n) is 8.40. The summed E-state index contributed by atoms with van der Waals surface area (Å²) in [6, 6.07) is 13.7. The van der Waals surface area contributed by atoms with Gasteiger partial charge in [0.2, 0.25) is 11.8 Å². The molecule has 0 aromatic heterocycles. The third-order valence-electron chi connectivity index (χ3n) is 3.65. The molecule has 3 N–H and O–H groups in total. The van der Waals surface area contributed by atoms with Gasteiger partial charge in [-0.15, -0.1) is 0 Å². The number of hydrogen-bond donors (Lipinski definition) is 3. The number of halogens is 1. The Labute approximate surface area is 163 Å². The summed E-state index contributed by atoms with van der Waals surface area (Å²) in [5, 5.41) is 16.6. The van der Waals surface area contributed by atoms with Crippen LogP contribution in [0.15, 0.2) is 53.6 Å². The van der Waals surface area contributed by atoms with Crippen molar-refractivity contribution in [1.29, 1.82) is 0 Å². The fourth-order valence-corrected chi connectivity index (χ4v) is 2.63. The number of nitrogens with zero attached hydrogens (tertiary/aromatic N) is 1. The molecule has 0 heterocycles. The molecule has 0 aliphatic heterocycles. The molecule has 6 nitrogen and oxygen atoms in total. The highest BCUT2D eigenvalue weighted by atomic mass is 35.5. The number of nitrogens with one attached hydrogen (secondary N) is 2. The summed E-state index contributed by atoms with van der Waals surface area (Å²) in [5.74, 6) is -0.701. The van der Waals surface area contributed by atoms with E-state index >= 15 is 0 Å². The third kappa shape index (κ3) is 7.50. The highest BCUT2D eigenvalue weighted by molar-refractivity contribution is 6.30. The Morgan fingerprint density at radius 2 is 1.70 bits per heavy atom. The molecule has 0 aliphatic rings. The minimum atomic E-state index is -0.541. The van der Waals surface area contributed by atoms with Gasteiger partial charge in [0.25, 0.3) is 0 Å². The van der Waals surface area contributed by atoms with Crippen molar-refractivity contribution in [3.63, 3.8) is 0 Å². The summed E-state index contributed by atoms with van der Waals surface area (Å²) in [6.45, 7) is 3.74. The van der Waals surface area contributed by atoms with E-state index in [0.29, 0.717) is 11.4 Å². The lowest BCUT2D eigenvalue weighted by molar-refractivity contribution is -0.130. The van der Waals surface area contributed by atoms with Gasteiger partial charge in [-0.3, -0.25) is 9.59 Å². The van der Waals surface area contributed by atoms with Crippen LogP contribution in [-0.4, -0.2) is 28.7 Å². The van der Waals surface area contributed by atoms with Gasteiger partial charge in [-0.2, -0.15) is 5.10 Å². The number of hydrazone groups is 1. The minimum absolute atomic E-state index is 0.191. The van der Waals surface area contributed by atoms with E-state index in [4.69, 9.17) is 11.6 Å². The maximum absolute atomic E-state index is 12.1. The van der Waals surface area contributed by atoms with Crippen molar-refractivity contribution in [1.82, 2.24) is 10.7 Å². The lowest BCUT2D eigenvalue weighted by Gasteiger charge is -2.26. The van der Waals surface area contributed by atoms with Gasteiger partial charge in [-0.25, -0.2) is 5.43 Å². The molecular formula is C20H22ClN3O3. The predicted molar refractivity (Wildman–Crippen MR) is 106 cm³/mol. The Hall–Kier alpha value is -2.86. The van der Waals surface area contributed by atoms with Crippen LogP contribution in [-0.2, 0) is 16.0 Å². The maximum atomic E-state index is 12.1. The maximum Gasteiger partial charge on any atom is 0.249 e. The van der Waals surface area contributed by atoms with Crippen LogP contribution in [0.25, 0.3) is 0 Å². The summed E-state index contributed by atoms with van der Waals surface area (Å²) in [6.07, 6.45) is 1.72. The number of phenols is 1. The highest BCUT2D eigenvalue weighted by Gasteiger charge is 2.22. The van der Waals surface area contributed by atoms with Crippen LogP contribution in [0, 0.1) is 0 Å². The fraction of sp³-hybridized carbons (Fsp3) is 0.250. The zero-order valence-corrected chi connectivity index (χ0v) is 16.0. The molecule has 2 rings (SSSR count). The second kappa shape index (κ2) is 9.19. The monoisotopic (exact) mass is 387 g/mol. The molecule has 0 radical (unpaired) electrons. The fourth-order valence-electron chi connectivity index (χ4n) is 2.50. The first-order chi connectivity index (χ1) is 12.7. The van der Waals surface area contributed by atoms with Crippen molar-refractivity contribution in [2.75, 3.05) is 0 Å². The predicted octanol–water partition coefficient (Wildman–Crippen LogP) is 3.02. The molecule has 0 saturated heterocycles. The van der Waals surface area contributed by atoms with E-state index in [1.165, 1.54) is 6.21 Å². The molecular weight excluding hydrogens is 366 g/mol. The minimum Gasteiger partial charge on any atom is -0.508 e. The van der Waals surface area contributed by atoms with Gasteiger partial charge in [0, 0.05) is 10.6 Å². The number of phenolic OH excluding ortho intramolecular Hbond substituents is 1. The molecule has 2 aromatic rings. The molecule has 142 valence electrons. The van der Waals surface area contributed by atoms with Crippen LogP contribution in [0.5, 0.6) is 5.75 Å². The van der Waals surface area contributed by atoms with E-state index < -0.39 is 17.4 Å². The van der Waals surface area contributed by atoms with Crippen LogP contribution >= 0.6 is 11.6 Å². The van der Waals surface area contributed by atoms with Crippen molar-refractivity contribution in [3.05, 3.63) is 64.7 Å². The molecule has 0 saturated carbocycles. The second-order valence-electron chi connectivity index (χ2n) is 6.80. The topological polar surface area (TPSA) is 90.8 Å². The van der Waals surface area contributed by atoms with E-state index in [1.807, 2.05) is 13.8 Å². The molecule has 0 atom stereocenters. The zero-order valence-electron chi connectivity index (χ0n) is 15.2. The third-order valence-corrected chi connectivity index (χ3v) is 3.91. The van der Waals surface area contributed by atoms with Gasteiger partial charge in [-0.05, 0) is 55.7 Å². The largest absolute Gasteiger partial charge is 0.508 e. The number of carbonyl (C=O) groups excluding carboxylic acids is 2. The lowest BCUT2D eigenvalue weighted by atomic mass is 9.94. The van der Waals surface area contributed by atoms with Crippen molar-refractivity contribution in [3.8, 4) is 5.75 Å². The number of rotatable bonds is 7. The van der Waals surface area contributed by atoms with Gasteiger partial charge in [0.1, 0.15) is 12.2 Å². The van der Waals surface area contributed by atoms with Crippen LogP contribution in [0.3, 0.4) is 0 Å². The van der Waals surface area contributed by atoms with E-state index in [0.717, 1.165) is 11.1 Å². The van der Waals surface area contributed by atoms with Crippen molar-refractivity contribution in [2.24, 2.45) is 5.10 Å². The van der Waals surface area contributed by atoms with Crippen molar-refractivity contribution >= 4 is 29.6 Å². The normalized spacial score (nSPS) is 11.4. The lowest BCUT2D eigenvalue weighted by Crippen LogP contribution is -2.46. The summed E-state index contributed by atoms with van der Waals surface area (Å²) >= 11 is 5.79. The SMILES string of the molecule is CC(C)(Cc1ccc(O)cc1)NC(=O)CC(=O)N/N=C/c1ccc(Cl)cc1. The molecule has 7 heteroatoms. The van der Waals surface area contributed by atoms with Gasteiger partial charge < -0.3 is 10.4 Å². The number of benzene rings is 2. The van der Waals surface area contributed by atoms with E-state index in [9.17, 15) is 14.7 Å². The first-order valence-corrected chi connectivity index (χ1v) is 8.78. The molecule has 27 heavy (non-hydrogen) atoms. The quantitative estimate of drug-likeness (QED) is 0.387. The number of hydrogen-bond acceptors (Lipinski definition) is 4.